The van der Waals surface area contributed by atoms with Crippen LogP contribution in [0.3, 0.4) is 0 Å². The van der Waals surface area contributed by atoms with Gasteiger partial charge in [0.1, 0.15) is 13.2 Å². The van der Waals surface area contributed by atoms with Crippen LogP contribution >= 0.6 is 0 Å². The highest BCUT2D eigenvalue weighted by Gasteiger charge is 2.24. The lowest BCUT2D eigenvalue weighted by atomic mass is 9.83. The lowest BCUT2D eigenvalue weighted by molar-refractivity contribution is 0.171. The van der Waals surface area contributed by atoms with Crippen LogP contribution in [0.1, 0.15) is 32.4 Å². The Labute approximate surface area is 96.5 Å². The lowest BCUT2D eigenvalue weighted by Gasteiger charge is -2.28. The molecule has 2 rings (SSSR count). The predicted octanol–water partition coefficient (Wildman–Crippen LogP) is 2.50. The van der Waals surface area contributed by atoms with Gasteiger partial charge in [-0.1, -0.05) is 26.8 Å². The van der Waals surface area contributed by atoms with Gasteiger partial charge in [-0.15, -0.1) is 0 Å². The number of nitrogens with two attached hydrogens (primary N) is 1. The number of rotatable bonds is 1. The van der Waals surface area contributed by atoms with Crippen molar-refractivity contribution in [2.45, 2.75) is 26.8 Å². The summed E-state index contributed by atoms with van der Waals surface area (Å²) in [6.07, 6.45) is 0. The van der Waals surface area contributed by atoms with E-state index in [4.69, 9.17) is 15.2 Å². The minimum absolute atomic E-state index is 0.00308. The second-order valence-electron chi connectivity index (χ2n) is 5.25. The Morgan fingerprint density at radius 3 is 2.38 bits per heavy atom. The zero-order chi connectivity index (χ0) is 11.8. The summed E-state index contributed by atoms with van der Waals surface area (Å²) in [6, 6.07) is 5.95. The van der Waals surface area contributed by atoms with Crippen molar-refractivity contribution in [2.24, 2.45) is 11.1 Å². The van der Waals surface area contributed by atoms with Crippen LogP contribution in [-0.4, -0.2) is 13.2 Å². The van der Waals surface area contributed by atoms with Crippen molar-refractivity contribution in [3.05, 3.63) is 23.8 Å². The molecule has 0 saturated heterocycles. The highest BCUT2D eigenvalue weighted by molar-refractivity contribution is 5.44. The predicted molar refractivity (Wildman–Crippen MR) is 63.8 cm³/mol. The molecule has 0 aromatic heterocycles. The van der Waals surface area contributed by atoms with Gasteiger partial charge in [0, 0.05) is 6.04 Å². The van der Waals surface area contributed by atoms with E-state index in [1.54, 1.807) is 0 Å². The van der Waals surface area contributed by atoms with E-state index in [2.05, 4.69) is 20.8 Å². The monoisotopic (exact) mass is 221 g/mol. The zero-order valence-electron chi connectivity index (χ0n) is 10.1. The summed E-state index contributed by atoms with van der Waals surface area (Å²) < 4.78 is 11.0. The van der Waals surface area contributed by atoms with Crippen LogP contribution in [0, 0.1) is 5.41 Å². The molecule has 0 saturated carbocycles. The van der Waals surface area contributed by atoms with E-state index < -0.39 is 0 Å². The molecule has 1 aliphatic heterocycles. The van der Waals surface area contributed by atoms with Gasteiger partial charge in [-0.25, -0.2) is 0 Å². The minimum atomic E-state index is 0.00308. The number of benzene rings is 1. The fraction of sp³-hybridized carbons (Fsp3) is 0.538. The first-order valence-corrected chi connectivity index (χ1v) is 5.63. The molecule has 1 aromatic rings. The van der Waals surface area contributed by atoms with E-state index in [0.29, 0.717) is 13.2 Å². The molecule has 0 fully saturated rings. The summed E-state index contributed by atoms with van der Waals surface area (Å²) in [5, 5.41) is 0. The Morgan fingerprint density at radius 2 is 1.75 bits per heavy atom. The summed E-state index contributed by atoms with van der Waals surface area (Å²) in [4.78, 5) is 0. The van der Waals surface area contributed by atoms with Crippen LogP contribution in [0.2, 0.25) is 0 Å². The topological polar surface area (TPSA) is 44.5 Å². The van der Waals surface area contributed by atoms with Crippen LogP contribution < -0.4 is 15.2 Å². The molecule has 0 amide bonds. The first-order chi connectivity index (χ1) is 7.48. The molecule has 0 unspecified atom stereocenters. The molecule has 0 aliphatic carbocycles. The normalized spacial score (nSPS) is 17.0. The largest absolute Gasteiger partial charge is 0.486 e. The molecular weight excluding hydrogens is 202 g/mol. The van der Waals surface area contributed by atoms with Crippen molar-refractivity contribution in [1.29, 1.82) is 0 Å². The molecule has 0 bridgehead atoms. The highest BCUT2D eigenvalue weighted by Crippen LogP contribution is 2.36. The maximum Gasteiger partial charge on any atom is 0.161 e. The number of fused-ring (bicyclic) bond motifs is 1. The standard InChI is InChI=1S/C13H19NO2/c1-13(2,3)12(14)9-4-5-10-11(8-9)16-7-6-15-10/h4-5,8,12H,6-7,14H2,1-3H3/t12-/m0/s1. The lowest BCUT2D eigenvalue weighted by Crippen LogP contribution is -2.26. The van der Waals surface area contributed by atoms with Gasteiger partial charge >= 0.3 is 0 Å². The number of hydrogen-bond donors (Lipinski definition) is 1. The molecule has 88 valence electrons. The third-order valence-corrected chi connectivity index (χ3v) is 2.86. The second kappa shape index (κ2) is 3.98. The van der Waals surface area contributed by atoms with Crippen molar-refractivity contribution in [3.63, 3.8) is 0 Å². The molecule has 3 heteroatoms. The molecule has 1 heterocycles. The Kier molecular flexibility index (Phi) is 2.80. The van der Waals surface area contributed by atoms with Crippen LogP contribution in [-0.2, 0) is 0 Å². The smallest absolute Gasteiger partial charge is 0.161 e. The van der Waals surface area contributed by atoms with Gasteiger partial charge < -0.3 is 15.2 Å². The number of hydrogen-bond acceptors (Lipinski definition) is 3. The van der Waals surface area contributed by atoms with E-state index in [9.17, 15) is 0 Å². The van der Waals surface area contributed by atoms with E-state index in [1.807, 2.05) is 18.2 Å². The minimum Gasteiger partial charge on any atom is -0.486 e. The van der Waals surface area contributed by atoms with Gasteiger partial charge in [0.05, 0.1) is 0 Å². The first-order valence-electron chi connectivity index (χ1n) is 5.63. The fourth-order valence-electron chi connectivity index (χ4n) is 1.75. The van der Waals surface area contributed by atoms with E-state index in [-0.39, 0.29) is 11.5 Å². The SMILES string of the molecule is CC(C)(C)[C@@H](N)c1ccc2c(c1)OCCO2. The quantitative estimate of drug-likeness (QED) is 0.792. The summed E-state index contributed by atoms with van der Waals surface area (Å²) in [5.41, 5.74) is 7.35. The fourth-order valence-corrected chi connectivity index (χ4v) is 1.75. The zero-order valence-corrected chi connectivity index (χ0v) is 10.1. The first kappa shape index (κ1) is 11.3. The third-order valence-electron chi connectivity index (χ3n) is 2.86. The van der Waals surface area contributed by atoms with Gasteiger partial charge in [-0.3, -0.25) is 0 Å². The molecule has 1 aliphatic rings. The Bertz CT molecular complexity index is 382. The maximum atomic E-state index is 6.21. The van der Waals surface area contributed by atoms with E-state index >= 15 is 0 Å². The summed E-state index contributed by atoms with van der Waals surface area (Å²) >= 11 is 0. The van der Waals surface area contributed by atoms with Gasteiger partial charge in [-0.05, 0) is 23.1 Å². The van der Waals surface area contributed by atoms with Crippen molar-refractivity contribution in [3.8, 4) is 11.5 Å². The summed E-state index contributed by atoms with van der Waals surface area (Å²) in [6.45, 7) is 7.64. The molecule has 0 spiro atoms. The Hall–Kier alpha value is -1.22. The van der Waals surface area contributed by atoms with Gasteiger partial charge in [0.2, 0.25) is 0 Å². The van der Waals surface area contributed by atoms with Crippen LogP contribution in [0.25, 0.3) is 0 Å². The molecule has 2 N–H and O–H groups in total. The average molecular weight is 221 g/mol. The molecule has 16 heavy (non-hydrogen) atoms. The molecule has 3 nitrogen and oxygen atoms in total. The second-order valence-corrected chi connectivity index (χ2v) is 5.25. The average Bonchev–Trinajstić information content (AvgIpc) is 2.26. The number of ether oxygens (including phenoxy) is 2. The molecule has 1 atom stereocenters. The highest BCUT2D eigenvalue weighted by atomic mass is 16.6. The molecular formula is C13H19NO2. The van der Waals surface area contributed by atoms with Crippen LogP contribution in [0.5, 0.6) is 11.5 Å². The van der Waals surface area contributed by atoms with Crippen molar-refractivity contribution < 1.29 is 9.47 Å². The van der Waals surface area contributed by atoms with E-state index in [0.717, 1.165) is 17.1 Å². The van der Waals surface area contributed by atoms with Crippen LogP contribution in [0.4, 0.5) is 0 Å². The Balaban J connectivity index is 2.30. The molecule has 0 radical (unpaired) electrons. The molecule has 1 aromatic carbocycles. The van der Waals surface area contributed by atoms with Gasteiger partial charge in [0.25, 0.3) is 0 Å². The third kappa shape index (κ3) is 2.14. The van der Waals surface area contributed by atoms with Gasteiger partial charge in [-0.2, -0.15) is 0 Å². The van der Waals surface area contributed by atoms with Crippen LogP contribution in [0.15, 0.2) is 18.2 Å². The Morgan fingerprint density at radius 1 is 1.12 bits per heavy atom. The van der Waals surface area contributed by atoms with E-state index in [1.165, 1.54) is 0 Å². The van der Waals surface area contributed by atoms with Crippen molar-refractivity contribution >= 4 is 0 Å². The van der Waals surface area contributed by atoms with Crippen molar-refractivity contribution in [1.82, 2.24) is 0 Å². The summed E-state index contributed by atoms with van der Waals surface area (Å²) in [5.74, 6) is 1.62. The van der Waals surface area contributed by atoms with Gasteiger partial charge in [0.15, 0.2) is 11.5 Å². The maximum absolute atomic E-state index is 6.21. The summed E-state index contributed by atoms with van der Waals surface area (Å²) in [7, 11) is 0. The van der Waals surface area contributed by atoms with Crippen molar-refractivity contribution in [2.75, 3.05) is 13.2 Å².